The van der Waals surface area contributed by atoms with E-state index in [4.69, 9.17) is 10.5 Å². The molecule has 164 valence electrons. The highest BCUT2D eigenvalue weighted by Gasteiger charge is 2.20. The van der Waals surface area contributed by atoms with Gasteiger partial charge in [0, 0.05) is 28.7 Å². The normalized spacial score (nSPS) is 12.4. The average Bonchev–Trinajstić information content (AvgIpc) is 2.98. The minimum atomic E-state index is -0.363. The number of hydrogen-bond donors (Lipinski definition) is 1. The third kappa shape index (κ3) is 4.72. The van der Waals surface area contributed by atoms with Crippen LogP contribution in [0.4, 0.5) is 4.39 Å². The highest BCUT2D eigenvalue weighted by atomic mass is 19.1. The minimum Gasteiger partial charge on any atom is -0.462 e. The van der Waals surface area contributed by atoms with Crippen molar-refractivity contribution in [1.29, 1.82) is 0 Å². The Labute approximate surface area is 183 Å². The summed E-state index contributed by atoms with van der Waals surface area (Å²) in [6.07, 6.45) is 1.39. The molecule has 0 bridgehead atoms. The molecule has 31 heavy (non-hydrogen) atoms. The van der Waals surface area contributed by atoms with Gasteiger partial charge >= 0.3 is 5.97 Å². The zero-order chi connectivity index (χ0) is 22.8. The molecule has 0 fully saturated rings. The molecule has 0 atom stereocenters. The summed E-state index contributed by atoms with van der Waals surface area (Å²) in [5, 5.41) is 0.898. The molecule has 0 aliphatic carbocycles. The maximum atomic E-state index is 14.4. The quantitative estimate of drug-likeness (QED) is 0.503. The van der Waals surface area contributed by atoms with Gasteiger partial charge in [0.15, 0.2) is 0 Å². The first-order valence-electron chi connectivity index (χ1n) is 10.6. The van der Waals surface area contributed by atoms with E-state index in [1.165, 1.54) is 11.6 Å². The summed E-state index contributed by atoms with van der Waals surface area (Å²) < 4.78 is 21.5. The molecule has 5 heteroatoms. The van der Waals surface area contributed by atoms with Crippen LogP contribution in [-0.2, 0) is 16.7 Å². The predicted molar refractivity (Wildman–Crippen MR) is 125 cm³/mol. The van der Waals surface area contributed by atoms with Gasteiger partial charge in [0.2, 0.25) is 0 Å². The van der Waals surface area contributed by atoms with Crippen LogP contribution in [-0.4, -0.2) is 23.7 Å². The number of halogens is 1. The van der Waals surface area contributed by atoms with Gasteiger partial charge in [0.1, 0.15) is 5.83 Å². The molecular formula is C26H31FN2O2. The Morgan fingerprint density at radius 3 is 2.58 bits per heavy atom. The Hall–Kier alpha value is -2.92. The van der Waals surface area contributed by atoms with Crippen LogP contribution in [0.5, 0.6) is 0 Å². The summed E-state index contributed by atoms with van der Waals surface area (Å²) in [6.45, 7) is 10.9. The Balaban J connectivity index is 2.28. The maximum Gasteiger partial charge on any atom is 0.338 e. The molecule has 2 aromatic carbocycles. The summed E-state index contributed by atoms with van der Waals surface area (Å²) in [6, 6.07) is 13.8. The Bertz CT molecular complexity index is 1140. The lowest BCUT2D eigenvalue weighted by Crippen LogP contribution is -2.10. The van der Waals surface area contributed by atoms with Crippen molar-refractivity contribution < 1.29 is 13.9 Å². The van der Waals surface area contributed by atoms with E-state index < -0.39 is 0 Å². The van der Waals surface area contributed by atoms with E-state index in [-0.39, 0.29) is 30.3 Å². The van der Waals surface area contributed by atoms with Crippen molar-refractivity contribution in [2.24, 2.45) is 5.73 Å². The Morgan fingerprint density at radius 1 is 1.19 bits per heavy atom. The number of benzene rings is 2. The van der Waals surface area contributed by atoms with Crippen LogP contribution in [0.2, 0.25) is 0 Å². The molecule has 1 aromatic heterocycles. The number of esters is 1. The maximum absolute atomic E-state index is 14.4. The first-order chi connectivity index (χ1) is 14.7. The van der Waals surface area contributed by atoms with Crippen molar-refractivity contribution in [1.82, 2.24) is 4.57 Å². The molecule has 0 aliphatic heterocycles. The van der Waals surface area contributed by atoms with Crippen molar-refractivity contribution in [3.63, 3.8) is 0 Å². The summed E-state index contributed by atoms with van der Waals surface area (Å²) in [4.78, 5) is 12.4. The number of allylic oxidation sites excluding steroid dienone is 1. The number of carbonyl (C=O) groups excluding carboxylic acids is 1. The van der Waals surface area contributed by atoms with Gasteiger partial charge in [-0.2, -0.15) is 0 Å². The van der Waals surface area contributed by atoms with Crippen molar-refractivity contribution in [3.8, 4) is 11.1 Å². The third-order valence-corrected chi connectivity index (χ3v) is 5.50. The molecule has 2 N–H and O–H groups in total. The lowest BCUT2D eigenvalue weighted by Gasteiger charge is -2.20. The molecule has 0 unspecified atom stereocenters. The second-order valence-corrected chi connectivity index (χ2v) is 8.72. The van der Waals surface area contributed by atoms with Crippen LogP contribution in [0.15, 0.2) is 54.4 Å². The van der Waals surface area contributed by atoms with Crippen LogP contribution >= 0.6 is 0 Å². The van der Waals surface area contributed by atoms with E-state index in [1.54, 1.807) is 13.0 Å². The predicted octanol–water partition coefficient (Wildman–Crippen LogP) is 5.90. The first kappa shape index (κ1) is 22.8. The van der Waals surface area contributed by atoms with E-state index in [0.717, 1.165) is 27.7 Å². The largest absolute Gasteiger partial charge is 0.462 e. The molecule has 1 heterocycles. The van der Waals surface area contributed by atoms with Gasteiger partial charge in [-0.15, -0.1) is 0 Å². The molecule has 0 aliphatic rings. The topological polar surface area (TPSA) is 57.2 Å². The van der Waals surface area contributed by atoms with E-state index in [2.05, 4.69) is 39.0 Å². The van der Waals surface area contributed by atoms with Crippen LogP contribution in [0.25, 0.3) is 22.0 Å². The fourth-order valence-corrected chi connectivity index (χ4v) is 3.88. The molecule has 3 rings (SSSR count). The number of aromatic nitrogens is 1. The second kappa shape index (κ2) is 9.06. The Kier molecular flexibility index (Phi) is 6.65. The van der Waals surface area contributed by atoms with Gasteiger partial charge in [0.25, 0.3) is 0 Å². The lowest BCUT2D eigenvalue weighted by molar-refractivity contribution is 0.0526. The van der Waals surface area contributed by atoms with Crippen molar-refractivity contribution in [3.05, 3.63) is 71.2 Å². The highest BCUT2D eigenvalue weighted by molar-refractivity contribution is 6.02. The number of ether oxygens (including phenoxy) is 1. The molecule has 0 radical (unpaired) electrons. The molecule has 0 spiro atoms. The van der Waals surface area contributed by atoms with Gasteiger partial charge in [-0.3, -0.25) is 0 Å². The van der Waals surface area contributed by atoms with Crippen LogP contribution in [0.1, 0.15) is 49.3 Å². The number of nitrogens with zero attached hydrogens (tertiary/aromatic N) is 1. The fourth-order valence-electron chi connectivity index (χ4n) is 3.88. The van der Waals surface area contributed by atoms with Crippen LogP contribution in [0, 0.1) is 6.92 Å². The zero-order valence-corrected chi connectivity index (χ0v) is 19.0. The van der Waals surface area contributed by atoms with Gasteiger partial charge in [-0.05, 0) is 54.7 Å². The number of nitrogens with two attached hydrogens (primary N) is 1. The summed E-state index contributed by atoms with van der Waals surface area (Å²) in [7, 11) is 0. The molecule has 0 amide bonds. The van der Waals surface area contributed by atoms with Gasteiger partial charge in [0.05, 0.1) is 18.7 Å². The van der Waals surface area contributed by atoms with Crippen molar-refractivity contribution in [2.75, 3.05) is 13.2 Å². The third-order valence-electron chi connectivity index (χ3n) is 5.50. The van der Waals surface area contributed by atoms with Crippen LogP contribution < -0.4 is 5.73 Å². The number of fused-ring (bicyclic) bond motifs is 1. The molecule has 0 saturated carbocycles. The zero-order valence-electron chi connectivity index (χ0n) is 19.0. The summed E-state index contributed by atoms with van der Waals surface area (Å²) in [5.74, 6) is -0.648. The van der Waals surface area contributed by atoms with Crippen LogP contribution in [0.3, 0.4) is 0 Å². The number of rotatable bonds is 6. The van der Waals surface area contributed by atoms with Gasteiger partial charge in [-0.25, -0.2) is 9.18 Å². The minimum absolute atomic E-state index is 0.00561. The molecule has 4 nitrogen and oxygen atoms in total. The Morgan fingerprint density at radius 2 is 1.94 bits per heavy atom. The van der Waals surface area contributed by atoms with E-state index >= 15 is 0 Å². The van der Waals surface area contributed by atoms with Gasteiger partial charge < -0.3 is 15.0 Å². The highest BCUT2D eigenvalue weighted by Crippen LogP contribution is 2.37. The smallest absolute Gasteiger partial charge is 0.338 e. The molecule has 0 saturated heterocycles. The summed E-state index contributed by atoms with van der Waals surface area (Å²) >= 11 is 0. The summed E-state index contributed by atoms with van der Waals surface area (Å²) in [5.41, 5.74) is 11.0. The molecule has 3 aromatic rings. The van der Waals surface area contributed by atoms with Gasteiger partial charge in [-0.1, -0.05) is 45.0 Å². The van der Waals surface area contributed by atoms with Crippen molar-refractivity contribution >= 4 is 16.9 Å². The average molecular weight is 423 g/mol. The fraction of sp³-hybridized carbons (Fsp3) is 0.346. The monoisotopic (exact) mass is 422 g/mol. The lowest BCUT2D eigenvalue weighted by atomic mass is 9.85. The van der Waals surface area contributed by atoms with E-state index in [1.807, 2.05) is 29.7 Å². The van der Waals surface area contributed by atoms with Crippen molar-refractivity contribution in [2.45, 2.75) is 46.6 Å². The van der Waals surface area contributed by atoms with E-state index in [9.17, 15) is 9.18 Å². The number of carbonyl (C=O) groups is 1. The molecular weight excluding hydrogens is 391 g/mol. The number of hydrogen-bond acceptors (Lipinski definition) is 3. The SMILES string of the molecule is CCOC(=O)c1ccc2c(c1)c(-c1cccc(C(C)(C)C)c1)c(C)n2C/C(F)=C/CN. The first-order valence-corrected chi connectivity index (χ1v) is 10.6. The van der Waals surface area contributed by atoms with E-state index in [0.29, 0.717) is 12.2 Å². The standard InChI is InChI=1S/C26H31FN2O2/c1-6-31-25(30)19-10-11-23-22(15-19)24(17(2)29(23)16-21(27)12-13-28)18-8-7-9-20(14-18)26(3,4)5/h7-12,14-15H,6,13,16,28H2,1-5H3/b21-12-. The second-order valence-electron chi connectivity index (χ2n) is 8.72.